The molecule has 0 aliphatic carbocycles. The molecule has 0 unspecified atom stereocenters. The van der Waals surface area contributed by atoms with Gasteiger partial charge in [-0.2, -0.15) is 0 Å². The van der Waals surface area contributed by atoms with Crippen LogP contribution in [-0.4, -0.2) is 19.2 Å². The maximum atomic E-state index is 13.2. The third-order valence-corrected chi connectivity index (χ3v) is 3.24. The Kier molecular flexibility index (Phi) is 4.13. The molecule has 20 heavy (non-hydrogen) atoms. The molecule has 2 aromatic carbocycles. The van der Waals surface area contributed by atoms with Crippen LogP contribution in [-0.2, 0) is 6.54 Å². The number of nitrogens with zero attached hydrogens (tertiary/aromatic N) is 1. The van der Waals surface area contributed by atoms with Gasteiger partial charge in [0.15, 0.2) is 11.6 Å². The molecule has 2 N–H and O–H groups in total. The average molecular weight is 274 g/mol. The minimum absolute atomic E-state index is 0.292. The molecule has 2 aromatic rings. The first-order chi connectivity index (χ1) is 9.49. The number of nitrogens with one attached hydrogen (secondary N) is 1. The highest BCUT2D eigenvalue weighted by atomic mass is 19.1. The number of benzene rings is 2. The van der Waals surface area contributed by atoms with Crippen molar-refractivity contribution in [3.63, 3.8) is 0 Å². The molecule has 3 nitrogen and oxygen atoms in total. The maximum absolute atomic E-state index is 13.2. The number of aryl methyl sites for hydroxylation is 1. The van der Waals surface area contributed by atoms with Gasteiger partial charge in [0, 0.05) is 37.6 Å². The van der Waals surface area contributed by atoms with Crippen LogP contribution in [0, 0.1) is 12.7 Å². The van der Waals surface area contributed by atoms with E-state index in [1.165, 1.54) is 11.6 Å². The van der Waals surface area contributed by atoms with Gasteiger partial charge in [-0.15, -0.1) is 0 Å². The van der Waals surface area contributed by atoms with Crippen molar-refractivity contribution in [1.82, 2.24) is 0 Å². The molecule has 0 heterocycles. The van der Waals surface area contributed by atoms with Crippen LogP contribution >= 0.6 is 0 Å². The van der Waals surface area contributed by atoms with Crippen LogP contribution in [0.15, 0.2) is 36.4 Å². The van der Waals surface area contributed by atoms with Crippen LogP contribution in [0.5, 0.6) is 5.75 Å². The summed E-state index contributed by atoms with van der Waals surface area (Å²) >= 11 is 0. The molecule has 106 valence electrons. The number of hydrogen-bond donors (Lipinski definition) is 2. The number of para-hydroxylation sites is 1. The molecule has 0 fully saturated rings. The SMILES string of the molecule is Cc1ccc(NCc2cccc(F)c2O)cc1N(C)C. The lowest BCUT2D eigenvalue weighted by Gasteiger charge is -2.17. The van der Waals surface area contributed by atoms with E-state index in [2.05, 4.69) is 12.2 Å². The summed E-state index contributed by atoms with van der Waals surface area (Å²) in [6.45, 7) is 2.43. The predicted molar refractivity (Wildman–Crippen MR) is 80.9 cm³/mol. The van der Waals surface area contributed by atoms with Crippen LogP contribution in [0.2, 0.25) is 0 Å². The van der Waals surface area contributed by atoms with Crippen molar-refractivity contribution in [2.75, 3.05) is 24.3 Å². The van der Waals surface area contributed by atoms with E-state index in [-0.39, 0.29) is 5.75 Å². The smallest absolute Gasteiger partial charge is 0.165 e. The molecule has 4 heteroatoms. The first-order valence-corrected chi connectivity index (χ1v) is 6.47. The van der Waals surface area contributed by atoms with Gasteiger partial charge in [0.2, 0.25) is 0 Å². The summed E-state index contributed by atoms with van der Waals surface area (Å²) in [6, 6.07) is 10.6. The molecular formula is C16H19FN2O. The van der Waals surface area contributed by atoms with Gasteiger partial charge in [-0.05, 0) is 30.7 Å². The van der Waals surface area contributed by atoms with Crippen LogP contribution in [0.4, 0.5) is 15.8 Å². The van der Waals surface area contributed by atoms with Gasteiger partial charge in [-0.1, -0.05) is 18.2 Å². The summed E-state index contributed by atoms with van der Waals surface area (Å²) in [5.41, 5.74) is 3.78. The van der Waals surface area contributed by atoms with Crippen molar-refractivity contribution in [1.29, 1.82) is 0 Å². The highest BCUT2D eigenvalue weighted by Gasteiger charge is 2.07. The van der Waals surface area contributed by atoms with E-state index in [0.717, 1.165) is 11.4 Å². The second-order valence-electron chi connectivity index (χ2n) is 5.00. The van der Waals surface area contributed by atoms with Crippen molar-refractivity contribution in [3.05, 3.63) is 53.3 Å². The molecule has 2 rings (SSSR count). The second-order valence-corrected chi connectivity index (χ2v) is 5.00. The Morgan fingerprint density at radius 3 is 2.65 bits per heavy atom. The number of anilines is 2. The third-order valence-electron chi connectivity index (χ3n) is 3.24. The van der Waals surface area contributed by atoms with E-state index in [1.807, 2.05) is 37.2 Å². The van der Waals surface area contributed by atoms with E-state index < -0.39 is 5.82 Å². The number of hydrogen-bond acceptors (Lipinski definition) is 3. The van der Waals surface area contributed by atoms with Crippen molar-refractivity contribution < 1.29 is 9.50 Å². The lowest BCUT2D eigenvalue weighted by molar-refractivity contribution is 0.427. The largest absolute Gasteiger partial charge is 0.505 e. The standard InChI is InChI=1S/C16H19FN2O/c1-11-7-8-13(9-15(11)19(2)3)18-10-12-5-4-6-14(17)16(12)20/h4-9,18,20H,10H2,1-3H3. The summed E-state index contributed by atoms with van der Waals surface area (Å²) < 4.78 is 13.2. The van der Waals surface area contributed by atoms with Gasteiger partial charge in [0.25, 0.3) is 0 Å². The van der Waals surface area contributed by atoms with Gasteiger partial charge in [0.1, 0.15) is 0 Å². The Hall–Kier alpha value is -2.23. The van der Waals surface area contributed by atoms with E-state index in [4.69, 9.17) is 0 Å². The molecule has 0 spiro atoms. The summed E-state index contributed by atoms with van der Waals surface area (Å²) in [6.07, 6.45) is 0. The Labute approximate surface area is 118 Å². The maximum Gasteiger partial charge on any atom is 0.165 e. The molecule has 0 radical (unpaired) electrons. The van der Waals surface area contributed by atoms with Gasteiger partial charge >= 0.3 is 0 Å². The number of rotatable bonds is 4. The van der Waals surface area contributed by atoms with Gasteiger partial charge in [0.05, 0.1) is 0 Å². The van der Waals surface area contributed by atoms with Crippen molar-refractivity contribution in [3.8, 4) is 5.75 Å². The quantitative estimate of drug-likeness (QED) is 0.895. The lowest BCUT2D eigenvalue weighted by atomic mass is 10.1. The normalized spacial score (nSPS) is 10.4. The number of halogens is 1. The van der Waals surface area contributed by atoms with Crippen LogP contribution < -0.4 is 10.2 Å². The highest BCUT2D eigenvalue weighted by molar-refractivity contribution is 5.62. The zero-order valence-corrected chi connectivity index (χ0v) is 11.9. The Morgan fingerprint density at radius 1 is 1.20 bits per heavy atom. The summed E-state index contributed by atoms with van der Waals surface area (Å²) in [7, 11) is 3.98. The molecule has 0 bridgehead atoms. The lowest BCUT2D eigenvalue weighted by Crippen LogP contribution is -2.11. The molecule has 0 saturated carbocycles. The monoisotopic (exact) mass is 274 g/mol. The molecule has 0 saturated heterocycles. The first kappa shape index (κ1) is 14.2. The van der Waals surface area contributed by atoms with E-state index in [0.29, 0.717) is 12.1 Å². The van der Waals surface area contributed by atoms with Gasteiger partial charge < -0.3 is 15.3 Å². The predicted octanol–water partition coefficient (Wildman–Crippen LogP) is 3.52. The number of phenols is 1. The van der Waals surface area contributed by atoms with E-state index >= 15 is 0 Å². The Balaban J connectivity index is 2.15. The van der Waals surface area contributed by atoms with Crippen molar-refractivity contribution in [2.45, 2.75) is 13.5 Å². The van der Waals surface area contributed by atoms with E-state index in [1.54, 1.807) is 12.1 Å². The topological polar surface area (TPSA) is 35.5 Å². The highest BCUT2D eigenvalue weighted by Crippen LogP contribution is 2.25. The third kappa shape index (κ3) is 3.02. The summed E-state index contributed by atoms with van der Waals surface area (Å²) in [5.74, 6) is -0.887. The first-order valence-electron chi connectivity index (χ1n) is 6.47. The minimum Gasteiger partial charge on any atom is -0.505 e. The molecule has 0 aliphatic heterocycles. The Morgan fingerprint density at radius 2 is 1.95 bits per heavy atom. The van der Waals surface area contributed by atoms with Crippen molar-refractivity contribution in [2.24, 2.45) is 0 Å². The number of phenolic OH excluding ortho intramolecular Hbond substituents is 1. The van der Waals surface area contributed by atoms with Crippen LogP contribution in [0.3, 0.4) is 0 Å². The molecule has 0 atom stereocenters. The minimum atomic E-state index is -0.595. The second kappa shape index (κ2) is 5.82. The average Bonchev–Trinajstić information content (AvgIpc) is 2.41. The number of aromatic hydroxyl groups is 1. The van der Waals surface area contributed by atoms with Gasteiger partial charge in [-0.3, -0.25) is 0 Å². The summed E-state index contributed by atoms with van der Waals surface area (Å²) in [4.78, 5) is 2.04. The Bertz CT molecular complexity index is 611. The molecule has 0 aromatic heterocycles. The van der Waals surface area contributed by atoms with Crippen LogP contribution in [0.25, 0.3) is 0 Å². The zero-order chi connectivity index (χ0) is 14.7. The fraction of sp³-hybridized carbons (Fsp3) is 0.250. The van der Waals surface area contributed by atoms with Crippen molar-refractivity contribution >= 4 is 11.4 Å². The zero-order valence-electron chi connectivity index (χ0n) is 11.9. The molecule has 0 aliphatic rings. The van der Waals surface area contributed by atoms with Crippen LogP contribution in [0.1, 0.15) is 11.1 Å². The molecule has 0 amide bonds. The molecular weight excluding hydrogens is 255 g/mol. The fourth-order valence-electron chi connectivity index (χ4n) is 2.10. The fourth-order valence-corrected chi connectivity index (χ4v) is 2.10. The van der Waals surface area contributed by atoms with E-state index in [9.17, 15) is 9.50 Å². The summed E-state index contributed by atoms with van der Waals surface area (Å²) in [5, 5.41) is 12.8. The van der Waals surface area contributed by atoms with Gasteiger partial charge in [-0.25, -0.2) is 4.39 Å².